The lowest BCUT2D eigenvalue weighted by Crippen LogP contribution is -2.36. The van der Waals surface area contributed by atoms with E-state index in [4.69, 9.17) is 4.74 Å². The molecule has 0 fully saturated rings. The summed E-state index contributed by atoms with van der Waals surface area (Å²) < 4.78 is 30.8. The van der Waals surface area contributed by atoms with Crippen molar-refractivity contribution >= 4 is 27.8 Å². The van der Waals surface area contributed by atoms with Gasteiger partial charge in [0.2, 0.25) is 10.0 Å². The van der Waals surface area contributed by atoms with E-state index < -0.39 is 27.4 Å². The highest BCUT2D eigenvalue weighted by atomic mass is 32.2. The van der Waals surface area contributed by atoms with E-state index >= 15 is 0 Å². The molecule has 0 bridgehead atoms. The summed E-state index contributed by atoms with van der Waals surface area (Å²) in [5, 5.41) is 14.4. The van der Waals surface area contributed by atoms with E-state index in [-0.39, 0.29) is 10.6 Å². The van der Waals surface area contributed by atoms with Crippen molar-refractivity contribution in [3.05, 3.63) is 64.2 Å². The van der Waals surface area contributed by atoms with Crippen LogP contribution in [0, 0.1) is 10.1 Å². The Morgan fingerprint density at radius 1 is 1.29 bits per heavy atom. The standard InChI is InChI=1S/C17H18N4O6S/c1-20(28(25,26)16-8-6-15(27-2)7-9-16)12-17(22)19-18-11-13-4-3-5-14(10-13)21(23)24/h3-11H,12H2,1-2H3,(H,19,22)/b18-11-. The van der Waals surface area contributed by atoms with Gasteiger partial charge >= 0.3 is 0 Å². The van der Waals surface area contributed by atoms with Gasteiger partial charge in [0, 0.05) is 24.7 Å². The van der Waals surface area contributed by atoms with Crippen molar-refractivity contribution in [2.75, 3.05) is 20.7 Å². The third-order valence-corrected chi connectivity index (χ3v) is 5.44. The van der Waals surface area contributed by atoms with Gasteiger partial charge in [-0.3, -0.25) is 14.9 Å². The Bertz CT molecular complexity index is 989. The maximum absolute atomic E-state index is 12.5. The second kappa shape index (κ2) is 9.06. The number of likely N-dealkylation sites (N-methyl/N-ethyl adjacent to an activating group) is 1. The molecule has 0 atom stereocenters. The molecule has 1 amide bonds. The molecule has 0 aliphatic heterocycles. The van der Waals surface area contributed by atoms with Crippen molar-refractivity contribution in [1.29, 1.82) is 0 Å². The number of rotatable bonds is 8. The summed E-state index contributed by atoms with van der Waals surface area (Å²) in [5.74, 6) is -0.156. The smallest absolute Gasteiger partial charge is 0.270 e. The van der Waals surface area contributed by atoms with Gasteiger partial charge in [0.15, 0.2) is 0 Å². The Balaban J connectivity index is 1.97. The van der Waals surface area contributed by atoms with Crippen molar-refractivity contribution in [3.8, 4) is 5.75 Å². The molecule has 0 saturated carbocycles. The number of nitrogens with zero attached hydrogens (tertiary/aromatic N) is 3. The molecule has 0 aliphatic carbocycles. The topological polar surface area (TPSA) is 131 Å². The van der Waals surface area contributed by atoms with Crippen molar-refractivity contribution in [1.82, 2.24) is 9.73 Å². The first-order valence-corrected chi connectivity index (χ1v) is 9.35. The minimum atomic E-state index is -3.86. The molecule has 10 nitrogen and oxygen atoms in total. The quantitative estimate of drug-likeness (QED) is 0.400. The third-order valence-electron chi connectivity index (χ3n) is 3.62. The maximum Gasteiger partial charge on any atom is 0.270 e. The van der Waals surface area contributed by atoms with Crippen LogP contribution in [0.4, 0.5) is 5.69 Å². The minimum Gasteiger partial charge on any atom is -0.497 e. The van der Waals surface area contributed by atoms with E-state index in [0.717, 1.165) is 4.31 Å². The van der Waals surface area contributed by atoms with Gasteiger partial charge in [0.25, 0.3) is 11.6 Å². The molecule has 28 heavy (non-hydrogen) atoms. The van der Waals surface area contributed by atoms with Crippen LogP contribution in [0.2, 0.25) is 0 Å². The summed E-state index contributed by atoms with van der Waals surface area (Å²) >= 11 is 0. The second-order valence-corrected chi connectivity index (χ2v) is 7.63. The molecule has 0 unspecified atom stereocenters. The van der Waals surface area contributed by atoms with Crippen LogP contribution in [-0.2, 0) is 14.8 Å². The fourth-order valence-electron chi connectivity index (χ4n) is 2.15. The summed E-state index contributed by atoms with van der Waals surface area (Å²) in [6.07, 6.45) is 1.23. The molecule has 0 radical (unpaired) electrons. The normalized spacial score (nSPS) is 11.5. The molecule has 1 N–H and O–H groups in total. The number of non-ortho nitro benzene ring substituents is 1. The number of benzene rings is 2. The van der Waals surface area contributed by atoms with E-state index in [1.165, 1.54) is 62.8 Å². The van der Waals surface area contributed by atoms with E-state index in [1.54, 1.807) is 6.07 Å². The van der Waals surface area contributed by atoms with Crippen LogP contribution in [-0.4, -0.2) is 50.5 Å². The number of hydrogen-bond donors (Lipinski definition) is 1. The van der Waals surface area contributed by atoms with E-state index in [1.807, 2.05) is 0 Å². The van der Waals surface area contributed by atoms with Gasteiger partial charge in [-0.15, -0.1) is 0 Å². The van der Waals surface area contributed by atoms with Crippen LogP contribution in [0.3, 0.4) is 0 Å². The van der Waals surface area contributed by atoms with Crippen LogP contribution in [0.5, 0.6) is 5.75 Å². The SMILES string of the molecule is COc1ccc(S(=O)(=O)N(C)CC(=O)N/N=C\c2cccc([N+](=O)[O-])c2)cc1. The number of methoxy groups -OCH3 is 1. The maximum atomic E-state index is 12.5. The number of sulfonamides is 1. The highest BCUT2D eigenvalue weighted by Gasteiger charge is 2.22. The number of ether oxygens (including phenoxy) is 1. The molecule has 0 aliphatic rings. The Kier molecular flexibility index (Phi) is 6.79. The zero-order valence-electron chi connectivity index (χ0n) is 15.1. The lowest BCUT2D eigenvalue weighted by Gasteiger charge is -2.16. The van der Waals surface area contributed by atoms with Crippen LogP contribution < -0.4 is 10.2 Å². The molecule has 148 valence electrons. The predicted molar refractivity (Wildman–Crippen MR) is 102 cm³/mol. The van der Waals surface area contributed by atoms with Crippen LogP contribution in [0.15, 0.2) is 58.5 Å². The van der Waals surface area contributed by atoms with E-state index in [2.05, 4.69) is 10.5 Å². The monoisotopic (exact) mass is 406 g/mol. The molecule has 11 heteroatoms. The average molecular weight is 406 g/mol. The number of nitro benzene ring substituents is 1. The van der Waals surface area contributed by atoms with Crippen LogP contribution in [0.25, 0.3) is 0 Å². The first-order valence-electron chi connectivity index (χ1n) is 7.91. The zero-order valence-corrected chi connectivity index (χ0v) is 15.9. The number of carbonyl (C=O) groups excluding carboxylic acids is 1. The summed E-state index contributed by atoms with van der Waals surface area (Å²) in [6, 6.07) is 11.4. The third kappa shape index (κ3) is 5.34. The molecular weight excluding hydrogens is 388 g/mol. The molecule has 0 aromatic heterocycles. The Hall–Kier alpha value is -3.31. The Labute approximate surface area is 161 Å². The summed E-state index contributed by atoms with van der Waals surface area (Å²) in [5.41, 5.74) is 2.49. The van der Waals surface area contributed by atoms with Gasteiger partial charge in [0.05, 0.1) is 29.7 Å². The van der Waals surface area contributed by atoms with Gasteiger partial charge in [-0.25, -0.2) is 13.8 Å². The minimum absolute atomic E-state index is 0.0173. The van der Waals surface area contributed by atoms with Crippen LogP contribution >= 0.6 is 0 Å². The number of hydrazone groups is 1. The largest absolute Gasteiger partial charge is 0.497 e. The molecule has 0 spiro atoms. The number of amides is 1. The van der Waals surface area contributed by atoms with Gasteiger partial charge in [-0.05, 0) is 24.3 Å². The summed E-state index contributed by atoms with van der Waals surface area (Å²) in [6.45, 7) is -0.458. The fraction of sp³-hybridized carbons (Fsp3) is 0.176. The Morgan fingerprint density at radius 3 is 2.57 bits per heavy atom. The summed E-state index contributed by atoms with van der Waals surface area (Å²) in [4.78, 5) is 22.1. The second-order valence-electron chi connectivity index (χ2n) is 5.58. The zero-order chi connectivity index (χ0) is 20.7. The number of carbonyl (C=O) groups is 1. The van der Waals surface area contributed by atoms with E-state index in [9.17, 15) is 23.3 Å². The lowest BCUT2D eigenvalue weighted by atomic mass is 10.2. The highest BCUT2D eigenvalue weighted by molar-refractivity contribution is 7.89. The molecular formula is C17H18N4O6S. The first-order chi connectivity index (χ1) is 13.2. The van der Waals surface area contributed by atoms with Crippen molar-refractivity contribution in [2.45, 2.75) is 4.90 Å². The molecule has 2 aromatic rings. The fourth-order valence-corrected chi connectivity index (χ4v) is 3.27. The number of nitrogens with one attached hydrogen (secondary N) is 1. The Morgan fingerprint density at radius 2 is 1.96 bits per heavy atom. The molecule has 0 heterocycles. The number of hydrogen-bond acceptors (Lipinski definition) is 7. The van der Waals surface area contributed by atoms with Crippen molar-refractivity contribution < 1.29 is 22.9 Å². The number of nitro groups is 1. The van der Waals surface area contributed by atoms with Gasteiger partial charge in [-0.2, -0.15) is 9.41 Å². The van der Waals surface area contributed by atoms with Gasteiger partial charge < -0.3 is 4.74 Å². The molecule has 0 saturated heterocycles. The average Bonchev–Trinajstić information content (AvgIpc) is 2.68. The predicted octanol–water partition coefficient (Wildman–Crippen LogP) is 1.37. The highest BCUT2D eigenvalue weighted by Crippen LogP contribution is 2.18. The first kappa shape index (κ1) is 21.0. The van der Waals surface area contributed by atoms with Gasteiger partial charge in [0.1, 0.15) is 5.75 Å². The molecule has 2 rings (SSSR count). The van der Waals surface area contributed by atoms with Crippen LogP contribution in [0.1, 0.15) is 5.56 Å². The van der Waals surface area contributed by atoms with Crippen molar-refractivity contribution in [2.24, 2.45) is 5.10 Å². The van der Waals surface area contributed by atoms with E-state index in [0.29, 0.717) is 11.3 Å². The lowest BCUT2D eigenvalue weighted by molar-refractivity contribution is -0.384. The van der Waals surface area contributed by atoms with Crippen molar-refractivity contribution in [3.63, 3.8) is 0 Å². The molecule has 2 aromatic carbocycles. The van der Waals surface area contributed by atoms with Gasteiger partial charge in [-0.1, -0.05) is 12.1 Å². The summed E-state index contributed by atoms with van der Waals surface area (Å²) in [7, 11) is -1.13.